The highest BCUT2D eigenvalue weighted by Gasteiger charge is 2.27. The summed E-state index contributed by atoms with van der Waals surface area (Å²) in [7, 11) is 1.60. The van der Waals surface area contributed by atoms with Gasteiger partial charge in [0.05, 0.1) is 32.3 Å². The van der Waals surface area contributed by atoms with Crippen molar-refractivity contribution in [2.45, 2.75) is 25.9 Å². The summed E-state index contributed by atoms with van der Waals surface area (Å²) in [5.41, 5.74) is 2.90. The van der Waals surface area contributed by atoms with E-state index in [9.17, 15) is 9.59 Å². The highest BCUT2D eigenvalue weighted by Crippen LogP contribution is 2.23. The Labute approximate surface area is 167 Å². The standard InChI is InChI=1S/C20H22N6O3/c1-29-16-5-3-2-4-13(16)10-18(27)26-9-6-14-15(12-26)24-25-19(14)20(28)23-11-17-21-7-8-22-17/h2-5,7-8H,6,9-12H2,1H3,(H,21,22)(H,23,28)(H,24,25). The minimum Gasteiger partial charge on any atom is -0.496 e. The van der Waals surface area contributed by atoms with Crippen molar-refractivity contribution in [2.75, 3.05) is 13.7 Å². The third kappa shape index (κ3) is 3.98. The Morgan fingerprint density at radius 3 is 2.97 bits per heavy atom. The Bertz CT molecular complexity index is 1010. The number of carbonyl (C=O) groups is 2. The summed E-state index contributed by atoms with van der Waals surface area (Å²) in [4.78, 5) is 34.0. The first kappa shape index (κ1) is 18.7. The summed E-state index contributed by atoms with van der Waals surface area (Å²) in [6.07, 6.45) is 4.18. The van der Waals surface area contributed by atoms with Crippen LogP contribution in [0.25, 0.3) is 0 Å². The molecule has 0 saturated carbocycles. The second-order valence-electron chi connectivity index (χ2n) is 6.80. The number of carbonyl (C=O) groups excluding carboxylic acids is 2. The number of rotatable bonds is 6. The minimum absolute atomic E-state index is 0.0126. The first-order chi connectivity index (χ1) is 14.2. The van der Waals surface area contributed by atoms with Crippen LogP contribution in [0.1, 0.15) is 33.1 Å². The fourth-order valence-corrected chi connectivity index (χ4v) is 3.48. The molecule has 0 bridgehead atoms. The Morgan fingerprint density at radius 2 is 2.17 bits per heavy atom. The number of ether oxygens (including phenoxy) is 1. The van der Waals surface area contributed by atoms with Crippen LogP contribution in [0.5, 0.6) is 5.75 Å². The number of imidazole rings is 1. The Kier molecular flexibility index (Phi) is 5.28. The summed E-state index contributed by atoms with van der Waals surface area (Å²) in [5.74, 6) is 1.14. The predicted molar refractivity (Wildman–Crippen MR) is 104 cm³/mol. The van der Waals surface area contributed by atoms with Gasteiger partial charge in [0.2, 0.25) is 5.91 Å². The van der Waals surface area contributed by atoms with Crippen molar-refractivity contribution in [3.8, 4) is 5.75 Å². The molecule has 3 aromatic rings. The maximum atomic E-state index is 12.8. The van der Waals surface area contributed by atoms with Crippen LogP contribution in [-0.2, 0) is 30.7 Å². The number of nitrogens with zero attached hydrogens (tertiary/aromatic N) is 3. The molecule has 9 heteroatoms. The van der Waals surface area contributed by atoms with Crippen LogP contribution in [0.3, 0.4) is 0 Å². The number of methoxy groups -OCH3 is 1. The lowest BCUT2D eigenvalue weighted by molar-refractivity contribution is -0.131. The first-order valence-corrected chi connectivity index (χ1v) is 9.38. The van der Waals surface area contributed by atoms with Crippen LogP contribution in [-0.4, -0.2) is 50.5 Å². The molecule has 0 atom stereocenters. The number of amides is 2. The maximum Gasteiger partial charge on any atom is 0.272 e. The fourth-order valence-electron chi connectivity index (χ4n) is 3.48. The van der Waals surface area contributed by atoms with Gasteiger partial charge in [0.25, 0.3) is 5.91 Å². The second-order valence-corrected chi connectivity index (χ2v) is 6.80. The number of nitrogens with one attached hydrogen (secondary N) is 3. The third-order valence-corrected chi connectivity index (χ3v) is 5.01. The molecule has 4 rings (SSSR count). The second kappa shape index (κ2) is 8.17. The van der Waals surface area contributed by atoms with Crippen molar-refractivity contribution in [3.63, 3.8) is 0 Å². The summed E-state index contributed by atoms with van der Waals surface area (Å²) < 4.78 is 5.33. The predicted octanol–water partition coefficient (Wildman–Crippen LogP) is 1.20. The Hall–Kier alpha value is -3.62. The molecule has 0 aliphatic carbocycles. The molecular weight excluding hydrogens is 372 g/mol. The zero-order valence-corrected chi connectivity index (χ0v) is 16.1. The fraction of sp³-hybridized carbons (Fsp3) is 0.300. The van der Waals surface area contributed by atoms with E-state index >= 15 is 0 Å². The van der Waals surface area contributed by atoms with Crippen LogP contribution in [0.4, 0.5) is 0 Å². The van der Waals surface area contributed by atoms with Gasteiger partial charge in [-0.3, -0.25) is 14.7 Å². The van der Waals surface area contributed by atoms with Gasteiger partial charge in [-0.1, -0.05) is 18.2 Å². The number of aromatic nitrogens is 4. The molecule has 2 aromatic heterocycles. The summed E-state index contributed by atoms with van der Waals surface area (Å²) >= 11 is 0. The summed E-state index contributed by atoms with van der Waals surface area (Å²) in [6, 6.07) is 7.51. The lowest BCUT2D eigenvalue weighted by atomic mass is 10.0. The van der Waals surface area contributed by atoms with Crippen LogP contribution < -0.4 is 10.1 Å². The van der Waals surface area contributed by atoms with Gasteiger partial charge < -0.3 is 19.9 Å². The van der Waals surface area contributed by atoms with E-state index < -0.39 is 0 Å². The van der Waals surface area contributed by atoms with Crippen LogP contribution >= 0.6 is 0 Å². The smallest absolute Gasteiger partial charge is 0.272 e. The SMILES string of the molecule is COc1ccccc1CC(=O)N1CCc2c(C(=O)NCc3ncc[nH]3)n[nH]c2C1. The molecular formula is C20H22N6O3. The van der Waals surface area contributed by atoms with E-state index in [1.54, 1.807) is 24.4 Å². The largest absolute Gasteiger partial charge is 0.496 e. The number of H-pyrrole nitrogens is 2. The molecule has 0 radical (unpaired) electrons. The third-order valence-electron chi connectivity index (χ3n) is 5.01. The van der Waals surface area contributed by atoms with Crippen molar-refractivity contribution in [2.24, 2.45) is 0 Å². The molecule has 0 spiro atoms. The van der Waals surface area contributed by atoms with Gasteiger partial charge in [-0.2, -0.15) is 5.10 Å². The highest BCUT2D eigenvalue weighted by atomic mass is 16.5. The number of hydrogen-bond donors (Lipinski definition) is 3. The highest BCUT2D eigenvalue weighted by molar-refractivity contribution is 5.94. The molecule has 0 unspecified atom stereocenters. The lowest BCUT2D eigenvalue weighted by Crippen LogP contribution is -2.37. The van der Waals surface area contributed by atoms with Gasteiger partial charge in [-0.05, 0) is 12.5 Å². The van der Waals surface area contributed by atoms with Crippen molar-refractivity contribution >= 4 is 11.8 Å². The molecule has 2 amide bonds. The molecule has 0 fully saturated rings. The van der Waals surface area contributed by atoms with Crippen LogP contribution in [0.2, 0.25) is 0 Å². The van der Waals surface area contributed by atoms with Crippen molar-refractivity contribution in [3.05, 3.63) is 65.0 Å². The average Bonchev–Trinajstić information content (AvgIpc) is 3.41. The number of hydrogen-bond acceptors (Lipinski definition) is 5. The topological polar surface area (TPSA) is 116 Å². The Morgan fingerprint density at radius 1 is 1.31 bits per heavy atom. The number of fused-ring (bicyclic) bond motifs is 1. The Balaban J connectivity index is 1.40. The summed E-state index contributed by atoms with van der Waals surface area (Å²) in [5, 5.41) is 9.90. The van der Waals surface area contributed by atoms with E-state index in [4.69, 9.17) is 4.74 Å². The number of aromatic amines is 2. The normalized spacial score (nSPS) is 13.1. The molecule has 150 valence electrons. The van der Waals surface area contributed by atoms with E-state index in [0.29, 0.717) is 43.3 Å². The summed E-state index contributed by atoms with van der Waals surface area (Å²) in [6.45, 7) is 1.25. The maximum absolute atomic E-state index is 12.8. The van der Waals surface area contributed by atoms with Gasteiger partial charge in [0, 0.05) is 30.1 Å². The van der Waals surface area contributed by atoms with Gasteiger partial charge in [-0.25, -0.2) is 4.98 Å². The van der Waals surface area contributed by atoms with E-state index in [1.807, 2.05) is 24.3 Å². The monoisotopic (exact) mass is 394 g/mol. The molecule has 3 N–H and O–H groups in total. The van der Waals surface area contributed by atoms with Gasteiger partial charge in [0.1, 0.15) is 11.6 Å². The van der Waals surface area contributed by atoms with Crippen LogP contribution in [0, 0.1) is 0 Å². The zero-order valence-electron chi connectivity index (χ0n) is 16.1. The van der Waals surface area contributed by atoms with E-state index in [0.717, 1.165) is 16.8 Å². The van der Waals surface area contributed by atoms with Gasteiger partial charge in [0.15, 0.2) is 5.69 Å². The number of para-hydroxylation sites is 1. The molecule has 1 aliphatic rings. The minimum atomic E-state index is -0.257. The van der Waals surface area contributed by atoms with E-state index in [2.05, 4.69) is 25.5 Å². The van der Waals surface area contributed by atoms with Crippen LogP contribution in [0.15, 0.2) is 36.7 Å². The van der Waals surface area contributed by atoms with Gasteiger partial charge >= 0.3 is 0 Å². The van der Waals surface area contributed by atoms with E-state index in [-0.39, 0.29) is 18.2 Å². The molecule has 1 aromatic carbocycles. The molecule has 9 nitrogen and oxygen atoms in total. The molecule has 0 saturated heterocycles. The molecule has 1 aliphatic heterocycles. The quantitative estimate of drug-likeness (QED) is 0.581. The zero-order chi connectivity index (χ0) is 20.2. The van der Waals surface area contributed by atoms with Crippen molar-refractivity contribution < 1.29 is 14.3 Å². The van der Waals surface area contributed by atoms with Gasteiger partial charge in [-0.15, -0.1) is 0 Å². The van der Waals surface area contributed by atoms with Crippen molar-refractivity contribution in [1.82, 2.24) is 30.4 Å². The van der Waals surface area contributed by atoms with Crippen molar-refractivity contribution in [1.29, 1.82) is 0 Å². The molecule has 29 heavy (non-hydrogen) atoms. The number of benzene rings is 1. The average molecular weight is 394 g/mol. The first-order valence-electron chi connectivity index (χ1n) is 9.38. The van der Waals surface area contributed by atoms with E-state index in [1.165, 1.54) is 0 Å². The lowest BCUT2D eigenvalue weighted by Gasteiger charge is -2.27. The molecule has 3 heterocycles.